The number of nitrogens with one attached hydrogen (secondary N) is 1. The molecule has 0 radical (unpaired) electrons. The molecule has 3 rings (SSSR count). The lowest BCUT2D eigenvalue weighted by Gasteiger charge is -2.28. The Balaban J connectivity index is 1.56. The second-order valence-corrected chi connectivity index (χ2v) is 6.38. The van der Waals surface area contributed by atoms with Crippen LogP contribution in [0, 0.1) is 11.3 Å². The van der Waals surface area contributed by atoms with Crippen LogP contribution in [0.1, 0.15) is 22.8 Å². The number of rotatable bonds is 5. The highest BCUT2D eigenvalue weighted by molar-refractivity contribution is 5.97. The zero-order valence-electron chi connectivity index (χ0n) is 15.6. The molecule has 7 heteroatoms. The summed E-state index contributed by atoms with van der Waals surface area (Å²) in [5, 5.41) is 11.6. The monoisotopic (exact) mass is 379 g/mol. The van der Waals surface area contributed by atoms with Gasteiger partial charge in [0.2, 0.25) is 0 Å². The van der Waals surface area contributed by atoms with Gasteiger partial charge in [0.05, 0.1) is 30.4 Å². The van der Waals surface area contributed by atoms with E-state index in [9.17, 15) is 9.59 Å². The molecule has 2 aromatic carbocycles. The number of carbonyl (C=O) groups is 2. The summed E-state index contributed by atoms with van der Waals surface area (Å²) >= 11 is 0. The summed E-state index contributed by atoms with van der Waals surface area (Å²) in [5.74, 6) is -1.08. The van der Waals surface area contributed by atoms with E-state index in [0.717, 1.165) is 18.8 Å². The maximum atomic E-state index is 12.3. The van der Waals surface area contributed by atoms with Crippen molar-refractivity contribution in [3.8, 4) is 6.07 Å². The molecule has 0 aliphatic carbocycles. The molecule has 0 bridgehead atoms. The molecular weight excluding hydrogens is 358 g/mol. The SMILES string of the molecule is C[C@@H](OC(=O)c1cccc(C#N)c1)C(=O)Nc1ccc(N2CCOCC2)cc1. The van der Waals surface area contributed by atoms with E-state index < -0.39 is 18.0 Å². The van der Waals surface area contributed by atoms with E-state index >= 15 is 0 Å². The van der Waals surface area contributed by atoms with E-state index in [0.29, 0.717) is 24.5 Å². The Morgan fingerprint density at radius 3 is 2.57 bits per heavy atom. The predicted octanol–water partition coefficient (Wildman–Crippen LogP) is 2.58. The summed E-state index contributed by atoms with van der Waals surface area (Å²) in [6.07, 6.45) is -0.975. The Kier molecular flexibility index (Phi) is 6.25. The number of ether oxygens (including phenoxy) is 2. The Morgan fingerprint density at radius 2 is 1.89 bits per heavy atom. The van der Waals surface area contributed by atoms with Crippen molar-refractivity contribution in [2.75, 3.05) is 36.5 Å². The largest absolute Gasteiger partial charge is 0.449 e. The molecule has 1 fully saturated rings. The highest BCUT2D eigenvalue weighted by atomic mass is 16.5. The first kappa shape index (κ1) is 19.4. The van der Waals surface area contributed by atoms with Crippen molar-refractivity contribution in [2.24, 2.45) is 0 Å². The van der Waals surface area contributed by atoms with Crippen molar-refractivity contribution in [2.45, 2.75) is 13.0 Å². The smallest absolute Gasteiger partial charge is 0.338 e. The normalized spacial score (nSPS) is 14.6. The minimum absolute atomic E-state index is 0.230. The Bertz CT molecular complexity index is 883. The van der Waals surface area contributed by atoms with Crippen molar-refractivity contribution in [1.82, 2.24) is 0 Å². The average molecular weight is 379 g/mol. The molecule has 1 aliphatic heterocycles. The van der Waals surface area contributed by atoms with Crippen LogP contribution in [0.3, 0.4) is 0 Å². The van der Waals surface area contributed by atoms with Crippen molar-refractivity contribution < 1.29 is 19.1 Å². The zero-order chi connectivity index (χ0) is 19.9. The Morgan fingerprint density at radius 1 is 1.18 bits per heavy atom. The number of morpholine rings is 1. The first-order valence-corrected chi connectivity index (χ1v) is 9.01. The summed E-state index contributed by atoms with van der Waals surface area (Å²) in [6, 6.07) is 15.6. The Labute approximate surface area is 163 Å². The summed E-state index contributed by atoms with van der Waals surface area (Å²) in [5.41, 5.74) is 2.27. The second kappa shape index (κ2) is 9.02. The number of carbonyl (C=O) groups excluding carboxylic acids is 2. The van der Waals surface area contributed by atoms with Crippen LogP contribution in [0.2, 0.25) is 0 Å². The standard InChI is InChI=1S/C21H21N3O4/c1-15(28-21(26)17-4-2-3-16(13-17)14-22)20(25)23-18-5-7-19(8-6-18)24-9-11-27-12-10-24/h2-8,13,15H,9-12H2,1H3,(H,23,25)/t15-/m1/s1. The number of nitrogens with zero attached hydrogens (tertiary/aromatic N) is 2. The van der Waals surface area contributed by atoms with Gasteiger partial charge in [-0.25, -0.2) is 4.79 Å². The van der Waals surface area contributed by atoms with Gasteiger partial charge in [0.25, 0.3) is 5.91 Å². The lowest BCUT2D eigenvalue weighted by atomic mass is 10.1. The number of esters is 1. The molecule has 1 amide bonds. The topological polar surface area (TPSA) is 91.7 Å². The number of nitriles is 1. The van der Waals surface area contributed by atoms with Crippen molar-refractivity contribution in [3.63, 3.8) is 0 Å². The molecule has 1 heterocycles. The van der Waals surface area contributed by atoms with Gasteiger partial charge < -0.3 is 19.7 Å². The lowest BCUT2D eigenvalue weighted by molar-refractivity contribution is -0.123. The van der Waals surface area contributed by atoms with Gasteiger partial charge in [-0.05, 0) is 49.4 Å². The Hall–Kier alpha value is -3.37. The highest BCUT2D eigenvalue weighted by Gasteiger charge is 2.19. The summed E-state index contributed by atoms with van der Waals surface area (Å²) in [7, 11) is 0. The van der Waals surface area contributed by atoms with E-state index in [1.54, 1.807) is 12.1 Å². The number of benzene rings is 2. The number of hydrogen-bond donors (Lipinski definition) is 1. The first-order valence-electron chi connectivity index (χ1n) is 9.01. The predicted molar refractivity (Wildman–Crippen MR) is 104 cm³/mol. The van der Waals surface area contributed by atoms with Gasteiger partial charge in [0.15, 0.2) is 6.10 Å². The minimum Gasteiger partial charge on any atom is -0.449 e. The minimum atomic E-state index is -0.975. The van der Waals surface area contributed by atoms with Crippen LogP contribution in [0.25, 0.3) is 0 Å². The van der Waals surface area contributed by atoms with Gasteiger partial charge in [-0.3, -0.25) is 4.79 Å². The number of amides is 1. The maximum absolute atomic E-state index is 12.3. The van der Waals surface area contributed by atoms with E-state index in [1.807, 2.05) is 30.3 Å². The van der Waals surface area contributed by atoms with Gasteiger partial charge >= 0.3 is 5.97 Å². The van der Waals surface area contributed by atoms with Crippen molar-refractivity contribution in [3.05, 3.63) is 59.7 Å². The molecule has 2 aromatic rings. The van der Waals surface area contributed by atoms with Crippen molar-refractivity contribution >= 4 is 23.3 Å². The molecular formula is C21H21N3O4. The number of hydrogen-bond acceptors (Lipinski definition) is 6. The summed E-state index contributed by atoms with van der Waals surface area (Å²) in [6.45, 7) is 4.60. The van der Waals surface area contributed by atoms with Gasteiger partial charge in [-0.1, -0.05) is 6.07 Å². The van der Waals surface area contributed by atoms with Gasteiger partial charge in [0, 0.05) is 24.5 Å². The number of anilines is 2. The van der Waals surface area contributed by atoms with Crippen LogP contribution in [-0.4, -0.2) is 44.3 Å². The van der Waals surface area contributed by atoms with Crippen LogP contribution in [-0.2, 0) is 14.3 Å². The third-order valence-corrected chi connectivity index (χ3v) is 4.39. The highest BCUT2D eigenvalue weighted by Crippen LogP contribution is 2.19. The third-order valence-electron chi connectivity index (χ3n) is 4.39. The third kappa shape index (κ3) is 4.87. The molecule has 0 saturated carbocycles. The van der Waals surface area contributed by atoms with E-state index in [2.05, 4.69) is 10.2 Å². The van der Waals surface area contributed by atoms with E-state index in [4.69, 9.17) is 14.7 Å². The fraction of sp³-hybridized carbons (Fsp3) is 0.286. The fourth-order valence-corrected chi connectivity index (χ4v) is 2.82. The molecule has 1 saturated heterocycles. The molecule has 144 valence electrons. The van der Waals surface area contributed by atoms with Crippen LogP contribution in [0.15, 0.2) is 48.5 Å². The zero-order valence-corrected chi connectivity index (χ0v) is 15.6. The van der Waals surface area contributed by atoms with E-state index in [1.165, 1.54) is 19.1 Å². The molecule has 1 aliphatic rings. The maximum Gasteiger partial charge on any atom is 0.338 e. The molecule has 28 heavy (non-hydrogen) atoms. The first-order chi connectivity index (χ1) is 13.6. The summed E-state index contributed by atoms with van der Waals surface area (Å²) < 4.78 is 10.6. The van der Waals surface area contributed by atoms with Crippen LogP contribution in [0.5, 0.6) is 0 Å². The van der Waals surface area contributed by atoms with Crippen molar-refractivity contribution in [1.29, 1.82) is 5.26 Å². The van der Waals surface area contributed by atoms with Gasteiger partial charge in [0.1, 0.15) is 0 Å². The fourth-order valence-electron chi connectivity index (χ4n) is 2.82. The quantitative estimate of drug-likeness (QED) is 0.803. The van der Waals surface area contributed by atoms with E-state index in [-0.39, 0.29) is 5.56 Å². The molecule has 0 unspecified atom stereocenters. The second-order valence-electron chi connectivity index (χ2n) is 6.38. The molecule has 7 nitrogen and oxygen atoms in total. The van der Waals surface area contributed by atoms with Crippen LogP contribution >= 0.6 is 0 Å². The van der Waals surface area contributed by atoms with Crippen LogP contribution in [0.4, 0.5) is 11.4 Å². The van der Waals surface area contributed by atoms with Crippen LogP contribution < -0.4 is 10.2 Å². The van der Waals surface area contributed by atoms with Gasteiger partial charge in [-0.2, -0.15) is 5.26 Å². The summed E-state index contributed by atoms with van der Waals surface area (Å²) in [4.78, 5) is 26.7. The molecule has 1 N–H and O–H groups in total. The average Bonchev–Trinajstić information content (AvgIpc) is 2.74. The molecule has 0 spiro atoms. The molecule has 0 aromatic heterocycles. The lowest BCUT2D eigenvalue weighted by Crippen LogP contribution is -2.36. The van der Waals surface area contributed by atoms with Gasteiger partial charge in [-0.15, -0.1) is 0 Å². The molecule has 1 atom stereocenters.